The topological polar surface area (TPSA) is 64.3 Å². The van der Waals surface area contributed by atoms with Gasteiger partial charge in [0.15, 0.2) is 0 Å². The molecule has 0 radical (unpaired) electrons. The van der Waals surface area contributed by atoms with Gasteiger partial charge in [-0.25, -0.2) is 4.39 Å². The third-order valence-electron chi connectivity index (χ3n) is 1.98. The highest BCUT2D eigenvalue weighted by atomic mass is 35.5. The van der Waals surface area contributed by atoms with Crippen LogP contribution in [0, 0.1) is 5.82 Å². The molecule has 0 aliphatic heterocycles. The van der Waals surface area contributed by atoms with Gasteiger partial charge in [-0.3, -0.25) is 4.79 Å². The summed E-state index contributed by atoms with van der Waals surface area (Å²) in [6.07, 6.45) is 0. The van der Waals surface area contributed by atoms with E-state index in [1.807, 2.05) is 13.8 Å². The fourth-order valence-corrected chi connectivity index (χ4v) is 1.31. The molecule has 0 aliphatic rings. The van der Waals surface area contributed by atoms with Gasteiger partial charge in [0.05, 0.1) is 5.56 Å². The summed E-state index contributed by atoms with van der Waals surface area (Å²) < 4.78 is 18.4. The number of rotatable bonds is 5. The Labute approximate surface area is 112 Å². The van der Waals surface area contributed by atoms with Gasteiger partial charge in [-0.1, -0.05) is 0 Å². The summed E-state index contributed by atoms with van der Waals surface area (Å²) in [6, 6.07) is 3.81. The molecule has 3 N–H and O–H groups in total. The summed E-state index contributed by atoms with van der Waals surface area (Å²) in [4.78, 5) is 11.8. The van der Waals surface area contributed by atoms with Crippen LogP contribution in [0.3, 0.4) is 0 Å². The number of nitrogens with two attached hydrogens (primary N) is 1. The van der Waals surface area contributed by atoms with Gasteiger partial charge in [0.1, 0.15) is 18.2 Å². The Balaban J connectivity index is 0.00000289. The lowest BCUT2D eigenvalue weighted by Crippen LogP contribution is -2.30. The summed E-state index contributed by atoms with van der Waals surface area (Å²) in [5.41, 5.74) is 5.50. The van der Waals surface area contributed by atoms with Gasteiger partial charge in [-0.2, -0.15) is 0 Å². The summed E-state index contributed by atoms with van der Waals surface area (Å²) in [7, 11) is 0. The number of carbonyl (C=O) groups excluding carboxylic acids is 1. The van der Waals surface area contributed by atoms with E-state index in [4.69, 9.17) is 10.5 Å². The van der Waals surface area contributed by atoms with Crippen molar-refractivity contribution in [1.82, 2.24) is 5.32 Å². The van der Waals surface area contributed by atoms with E-state index in [1.165, 1.54) is 12.1 Å². The number of ether oxygens (including phenoxy) is 1. The molecule has 1 aromatic rings. The van der Waals surface area contributed by atoms with Crippen molar-refractivity contribution in [3.8, 4) is 5.75 Å². The lowest BCUT2D eigenvalue weighted by atomic mass is 10.1. The van der Waals surface area contributed by atoms with Gasteiger partial charge in [0, 0.05) is 12.6 Å². The maximum Gasteiger partial charge on any atom is 0.255 e. The molecule has 0 unspecified atom stereocenters. The lowest BCUT2D eigenvalue weighted by molar-refractivity contribution is 0.0938. The Morgan fingerprint density at radius 1 is 1.50 bits per heavy atom. The van der Waals surface area contributed by atoms with Gasteiger partial charge < -0.3 is 15.8 Å². The van der Waals surface area contributed by atoms with Crippen molar-refractivity contribution in [1.29, 1.82) is 0 Å². The molecule has 4 nitrogen and oxygen atoms in total. The van der Waals surface area contributed by atoms with E-state index < -0.39 is 5.82 Å². The van der Waals surface area contributed by atoms with Crippen LogP contribution in [0.5, 0.6) is 5.75 Å². The van der Waals surface area contributed by atoms with Crippen molar-refractivity contribution in [2.24, 2.45) is 5.73 Å². The largest absolute Gasteiger partial charge is 0.491 e. The maximum absolute atomic E-state index is 13.1. The van der Waals surface area contributed by atoms with Gasteiger partial charge in [0.25, 0.3) is 5.91 Å². The number of carbonyl (C=O) groups is 1. The van der Waals surface area contributed by atoms with E-state index in [1.54, 1.807) is 0 Å². The number of hydrogen-bond donors (Lipinski definition) is 2. The molecule has 1 amide bonds. The summed E-state index contributed by atoms with van der Waals surface area (Å²) in [5, 5.41) is 2.69. The monoisotopic (exact) mass is 276 g/mol. The molecular weight excluding hydrogens is 259 g/mol. The predicted molar refractivity (Wildman–Crippen MR) is 70.8 cm³/mol. The van der Waals surface area contributed by atoms with Crippen LogP contribution in [0.4, 0.5) is 4.39 Å². The molecule has 6 heteroatoms. The van der Waals surface area contributed by atoms with Crippen LogP contribution < -0.4 is 15.8 Å². The molecule has 1 rings (SSSR count). The maximum atomic E-state index is 13.1. The number of hydrogen-bond acceptors (Lipinski definition) is 3. The first-order valence-electron chi connectivity index (χ1n) is 5.48. The highest BCUT2D eigenvalue weighted by Crippen LogP contribution is 2.19. The van der Waals surface area contributed by atoms with E-state index in [0.29, 0.717) is 12.3 Å². The van der Waals surface area contributed by atoms with Gasteiger partial charge in [-0.05, 0) is 32.0 Å². The number of nitrogens with one attached hydrogen (secondary N) is 1. The second kappa shape index (κ2) is 7.89. The van der Waals surface area contributed by atoms with Crippen LogP contribution in [0.15, 0.2) is 18.2 Å². The first-order chi connectivity index (χ1) is 8.04. The van der Waals surface area contributed by atoms with Crippen molar-refractivity contribution in [3.63, 3.8) is 0 Å². The standard InChI is InChI=1S/C12H17FN2O2.ClH/c1-8(2)15-12(16)10-7-9(13)3-4-11(10)17-6-5-14;/h3-4,7-8H,5-6,14H2,1-2H3,(H,15,16);1H. The number of benzene rings is 1. The normalized spacial score (nSPS) is 9.83. The minimum atomic E-state index is -0.473. The van der Waals surface area contributed by atoms with E-state index in [9.17, 15) is 9.18 Å². The SMILES string of the molecule is CC(C)NC(=O)c1cc(F)ccc1OCCN.Cl. The Kier molecular flexibility index (Phi) is 7.31. The van der Waals surface area contributed by atoms with Crippen molar-refractivity contribution >= 4 is 18.3 Å². The molecule has 0 aliphatic carbocycles. The van der Waals surface area contributed by atoms with Crippen molar-refractivity contribution < 1.29 is 13.9 Å². The highest BCUT2D eigenvalue weighted by molar-refractivity contribution is 5.97. The highest BCUT2D eigenvalue weighted by Gasteiger charge is 2.14. The Bertz CT molecular complexity index is 400. The van der Waals surface area contributed by atoms with Crippen LogP contribution in [-0.4, -0.2) is 25.1 Å². The zero-order valence-corrected chi connectivity index (χ0v) is 11.2. The molecule has 0 saturated carbocycles. The van der Waals surface area contributed by atoms with Gasteiger partial charge in [0.2, 0.25) is 0 Å². The Hall–Kier alpha value is -1.33. The van der Waals surface area contributed by atoms with Crippen LogP contribution in [0.2, 0.25) is 0 Å². The fraction of sp³-hybridized carbons (Fsp3) is 0.417. The Morgan fingerprint density at radius 3 is 2.72 bits per heavy atom. The van der Waals surface area contributed by atoms with Crippen LogP contribution in [0.25, 0.3) is 0 Å². The molecule has 0 heterocycles. The molecule has 0 atom stereocenters. The third kappa shape index (κ3) is 4.89. The van der Waals surface area contributed by atoms with Crippen LogP contribution in [0.1, 0.15) is 24.2 Å². The number of halogens is 2. The van der Waals surface area contributed by atoms with E-state index >= 15 is 0 Å². The van der Waals surface area contributed by atoms with Crippen molar-refractivity contribution in [2.75, 3.05) is 13.2 Å². The average Bonchev–Trinajstić information content (AvgIpc) is 2.26. The predicted octanol–water partition coefficient (Wildman–Crippen LogP) is 1.72. The van der Waals surface area contributed by atoms with E-state index in [-0.39, 0.29) is 36.5 Å². The summed E-state index contributed by atoms with van der Waals surface area (Å²) >= 11 is 0. The molecule has 0 spiro atoms. The summed E-state index contributed by atoms with van der Waals surface area (Å²) in [5.74, 6) is -0.486. The van der Waals surface area contributed by atoms with Gasteiger partial charge in [-0.15, -0.1) is 12.4 Å². The minimum absolute atomic E-state index is 0. The fourth-order valence-electron chi connectivity index (χ4n) is 1.31. The second-order valence-corrected chi connectivity index (χ2v) is 3.91. The minimum Gasteiger partial charge on any atom is -0.491 e. The molecule has 0 saturated heterocycles. The zero-order valence-electron chi connectivity index (χ0n) is 10.4. The molecule has 102 valence electrons. The second-order valence-electron chi connectivity index (χ2n) is 3.91. The zero-order chi connectivity index (χ0) is 12.8. The lowest BCUT2D eigenvalue weighted by Gasteiger charge is -2.13. The quantitative estimate of drug-likeness (QED) is 0.861. The molecule has 0 aromatic heterocycles. The molecular formula is C12H18ClFN2O2. The van der Waals surface area contributed by atoms with Gasteiger partial charge >= 0.3 is 0 Å². The van der Waals surface area contributed by atoms with E-state index in [0.717, 1.165) is 6.07 Å². The average molecular weight is 277 g/mol. The first-order valence-corrected chi connectivity index (χ1v) is 5.48. The first kappa shape index (κ1) is 16.7. The molecule has 0 bridgehead atoms. The van der Waals surface area contributed by atoms with Crippen LogP contribution in [-0.2, 0) is 0 Å². The Morgan fingerprint density at radius 2 is 2.17 bits per heavy atom. The van der Waals surface area contributed by atoms with Crippen molar-refractivity contribution in [2.45, 2.75) is 19.9 Å². The smallest absolute Gasteiger partial charge is 0.255 e. The van der Waals surface area contributed by atoms with Crippen LogP contribution >= 0.6 is 12.4 Å². The third-order valence-corrected chi connectivity index (χ3v) is 1.98. The molecule has 1 aromatic carbocycles. The number of amides is 1. The summed E-state index contributed by atoms with van der Waals surface area (Å²) in [6.45, 7) is 4.28. The molecule has 18 heavy (non-hydrogen) atoms. The van der Waals surface area contributed by atoms with E-state index in [2.05, 4.69) is 5.32 Å². The molecule has 0 fully saturated rings. The van der Waals surface area contributed by atoms with Crippen molar-refractivity contribution in [3.05, 3.63) is 29.6 Å².